The van der Waals surface area contributed by atoms with Crippen LogP contribution in [0, 0.1) is 0 Å². The molecule has 15 heavy (non-hydrogen) atoms. The largest absolute Gasteiger partial charge is 0.369 e. The van der Waals surface area contributed by atoms with Crippen LogP contribution >= 0.6 is 43.6 Å². The lowest BCUT2D eigenvalue weighted by Crippen LogP contribution is -2.09. The molecule has 0 aliphatic rings. The first kappa shape index (κ1) is 13.3. The van der Waals surface area contributed by atoms with E-state index in [4.69, 9.17) is 0 Å². The van der Waals surface area contributed by atoms with Crippen molar-refractivity contribution in [1.29, 1.82) is 0 Å². The van der Waals surface area contributed by atoms with Gasteiger partial charge in [-0.15, -0.1) is 0 Å². The minimum absolute atomic E-state index is 0.687. The smallest absolute Gasteiger partial charge is 0.140 e. The molecule has 0 aromatic carbocycles. The highest BCUT2D eigenvalue weighted by Crippen LogP contribution is 2.23. The maximum Gasteiger partial charge on any atom is 0.140 e. The maximum atomic E-state index is 4.29. The van der Waals surface area contributed by atoms with E-state index in [1.54, 1.807) is 6.20 Å². The van der Waals surface area contributed by atoms with Crippen molar-refractivity contribution in [3.05, 3.63) is 21.2 Å². The average Bonchev–Trinajstić information content (AvgIpc) is 2.21. The second-order valence-corrected chi connectivity index (χ2v) is 6.29. The Morgan fingerprint density at radius 3 is 2.87 bits per heavy atom. The van der Waals surface area contributed by atoms with Crippen molar-refractivity contribution >= 4 is 49.4 Å². The van der Waals surface area contributed by atoms with Gasteiger partial charge in [-0.3, -0.25) is 0 Å². The van der Waals surface area contributed by atoms with E-state index in [2.05, 4.69) is 55.3 Å². The lowest BCUT2D eigenvalue weighted by atomic mass is 10.3. The second kappa shape index (κ2) is 6.76. The lowest BCUT2D eigenvalue weighted by Gasteiger charge is -2.10. The molecule has 0 amide bonds. The predicted octanol–water partition coefficient (Wildman–Crippen LogP) is 4.16. The first-order valence-electron chi connectivity index (χ1n) is 4.71. The zero-order chi connectivity index (χ0) is 11.3. The topological polar surface area (TPSA) is 24.9 Å². The van der Waals surface area contributed by atoms with Crippen molar-refractivity contribution < 1.29 is 0 Å². The van der Waals surface area contributed by atoms with E-state index in [1.807, 2.05) is 17.8 Å². The highest BCUT2D eigenvalue weighted by atomic mass is 79.9. The minimum atomic E-state index is 0.687. The first-order valence-corrected chi connectivity index (χ1v) is 7.58. The Kier molecular flexibility index (Phi) is 6.00. The fraction of sp³-hybridized carbons (Fsp3) is 0.500. The summed E-state index contributed by atoms with van der Waals surface area (Å²) in [6.07, 6.45) is 5.08. The monoisotopic (exact) mass is 352 g/mol. The molecule has 0 bridgehead atoms. The van der Waals surface area contributed by atoms with E-state index in [0.717, 1.165) is 27.7 Å². The standard InChI is InChI=1S/C10H14Br2N2S/c1-7(15-2)3-4-13-10-9(12)5-8(11)6-14-10/h5-7H,3-4H2,1-2H3,(H,13,14). The van der Waals surface area contributed by atoms with Crippen molar-refractivity contribution in [2.24, 2.45) is 0 Å². The van der Waals surface area contributed by atoms with Crippen LogP contribution < -0.4 is 5.32 Å². The Morgan fingerprint density at radius 1 is 1.53 bits per heavy atom. The van der Waals surface area contributed by atoms with Crippen LogP contribution in [0.25, 0.3) is 0 Å². The highest BCUT2D eigenvalue weighted by molar-refractivity contribution is 9.11. The number of pyridine rings is 1. The summed E-state index contributed by atoms with van der Waals surface area (Å²) in [6, 6.07) is 1.99. The number of nitrogens with zero attached hydrogens (tertiary/aromatic N) is 1. The molecule has 0 saturated heterocycles. The molecule has 0 radical (unpaired) electrons. The zero-order valence-corrected chi connectivity index (χ0v) is 12.7. The van der Waals surface area contributed by atoms with Gasteiger partial charge in [0.05, 0.1) is 4.47 Å². The van der Waals surface area contributed by atoms with Gasteiger partial charge in [0.25, 0.3) is 0 Å². The molecule has 1 unspecified atom stereocenters. The third-order valence-corrected chi connectivity index (χ3v) is 4.13. The van der Waals surface area contributed by atoms with Gasteiger partial charge in [0.2, 0.25) is 0 Å². The molecule has 1 rings (SSSR count). The molecular weight excluding hydrogens is 340 g/mol. The molecule has 1 N–H and O–H groups in total. The summed E-state index contributed by atoms with van der Waals surface area (Å²) in [5.74, 6) is 0.909. The number of rotatable bonds is 5. The molecule has 84 valence electrons. The van der Waals surface area contributed by atoms with Crippen molar-refractivity contribution in [3.8, 4) is 0 Å². The Balaban J connectivity index is 2.44. The molecular formula is C10H14Br2N2S. The lowest BCUT2D eigenvalue weighted by molar-refractivity contribution is 0.849. The van der Waals surface area contributed by atoms with Gasteiger partial charge in [-0.25, -0.2) is 4.98 Å². The van der Waals surface area contributed by atoms with Crippen LogP contribution in [0.5, 0.6) is 0 Å². The number of aromatic nitrogens is 1. The quantitative estimate of drug-likeness (QED) is 0.860. The summed E-state index contributed by atoms with van der Waals surface area (Å²) in [5.41, 5.74) is 0. The molecule has 2 nitrogen and oxygen atoms in total. The summed E-state index contributed by atoms with van der Waals surface area (Å²) >= 11 is 8.73. The molecule has 0 fully saturated rings. The van der Waals surface area contributed by atoms with Crippen molar-refractivity contribution in [3.63, 3.8) is 0 Å². The normalized spacial score (nSPS) is 12.5. The molecule has 0 aliphatic heterocycles. The molecule has 1 heterocycles. The van der Waals surface area contributed by atoms with Gasteiger partial charge >= 0.3 is 0 Å². The fourth-order valence-corrected chi connectivity index (χ4v) is 2.54. The molecule has 5 heteroatoms. The number of nitrogens with one attached hydrogen (secondary N) is 1. The fourth-order valence-electron chi connectivity index (χ4n) is 1.06. The van der Waals surface area contributed by atoms with Gasteiger partial charge in [-0.1, -0.05) is 6.92 Å². The number of halogens is 2. The van der Waals surface area contributed by atoms with Gasteiger partial charge in [0.1, 0.15) is 5.82 Å². The predicted molar refractivity (Wildman–Crippen MR) is 75.7 cm³/mol. The van der Waals surface area contributed by atoms with Gasteiger partial charge < -0.3 is 5.32 Å². The number of anilines is 1. The summed E-state index contributed by atoms with van der Waals surface area (Å²) in [4.78, 5) is 4.29. The Labute approximate surface area is 112 Å². The van der Waals surface area contributed by atoms with Gasteiger partial charge in [-0.05, 0) is 50.6 Å². The van der Waals surface area contributed by atoms with E-state index in [1.165, 1.54) is 0 Å². The molecule has 0 spiro atoms. The Bertz CT molecular complexity index is 320. The van der Waals surface area contributed by atoms with Crippen LogP contribution in [0.3, 0.4) is 0 Å². The molecule has 1 aromatic heterocycles. The van der Waals surface area contributed by atoms with Crippen molar-refractivity contribution in [2.75, 3.05) is 18.1 Å². The summed E-state index contributed by atoms with van der Waals surface area (Å²) in [6.45, 7) is 3.19. The zero-order valence-electron chi connectivity index (χ0n) is 8.76. The van der Waals surface area contributed by atoms with Crippen LogP contribution in [-0.4, -0.2) is 23.0 Å². The third kappa shape index (κ3) is 4.74. The molecule has 1 atom stereocenters. The van der Waals surface area contributed by atoms with Crippen LogP contribution in [0.2, 0.25) is 0 Å². The Morgan fingerprint density at radius 2 is 2.27 bits per heavy atom. The molecule has 0 aliphatic carbocycles. The van der Waals surface area contributed by atoms with Gasteiger partial charge in [-0.2, -0.15) is 11.8 Å². The van der Waals surface area contributed by atoms with E-state index >= 15 is 0 Å². The third-order valence-electron chi connectivity index (χ3n) is 2.05. The van der Waals surface area contributed by atoms with E-state index in [-0.39, 0.29) is 0 Å². The van der Waals surface area contributed by atoms with Gasteiger partial charge in [0.15, 0.2) is 0 Å². The SMILES string of the molecule is CSC(C)CCNc1ncc(Br)cc1Br. The summed E-state index contributed by atoms with van der Waals surface area (Å²) < 4.78 is 1.98. The second-order valence-electron chi connectivity index (χ2n) is 3.25. The minimum Gasteiger partial charge on any atom is -0.369 e. The molecule has 1 aromatic rings. The highest BCUT2D eigenvalue weighted by Gasteiger charge is 2.03. The number of hydrogen-bond donors (Lipinski definition) is 1. The van der Waals surface area contributed by atoms with Crippen LogP contribution in [-0.2, 0) is 0 Å². The first-order chi connectivity index (χ1) is 7.13. The average molecular weight is 354 g/mol. The number of thioether (sulfide) groups is 1. The summed E-state index contributed by atoms with van der Waals surface area (Å²) in [5, 5.41) is 4.00. The maximum absolute atomic E-state index is 4.29. The van der Waals surface area contributed by atoms with E-state index in [0.29, 0.717) is 5.25 Å². The Hall–Kier alpha value is 0.260. The van der Waals surface area contributed by atoms with Crippen LogP contribution in [0.4, 0.5) is 5.82 Å². The van der Waals surface area contributed by atoms with Crippen LogP contribution in [0.1, 0.15) is 13.3 Å². The number of hydrogen-bond acceptors (Lipinski definition) is 3. The molecule has 0 saturated carbocycles. The van der Waals surface area contributed by atoms with E-state index in [9.17, 15) is 0 Å². The van der Waals surface area contributed by atoms with Crippen molar-refractivity contribution in [1.82, 2.24) is 4.98 Å². The summed E-state index contributed by atoms with van der Waals surface area (Å²) in [7, 11) is 0. The van der Waals surface area contributed by atoms with Crippen LogP contribution in [0.15, 0.2) is 21.2 Å². The van der Waals surface area contributed by atoms with E-state index < -0.39 is 0 Å². The van der Waals surface area contributed by atoms with Gasteiger partial charge in [0, 0.05) is 22.5 Å². The van der Waals surface area contributed by atoms with Crippen molar-refractivity contribution in [2.45, 2.75) is 18.6 Å².